The second kappa shape index (κ2) is 16.0. The van der Waals surface area contributed by atoms with Crippen LogP contribution in [0.25, 0.3) is 0 Å². The molecular formula is C40H51N5O9S. The number of carbonyl (C=O) groups excluding carboxylic acids is 5. The van der Waals surface area contributed by atoms with Crippen molar-refractivity contribution in [1.82, 2.24) is 25.2 Å². The fourth-order valence-corrected chi connectivity index (χ4v) is 8.51. The number of aryl methyl sites for hydroxylation is 1. The normalized spacial score (nSPS) is 26.5. The molecule has 3 aliphatic heterocycles. The number of rotatable bonds is 5. The van der Waals surface area contributed by atoms with Crippen LogP contribution in [0, 0.1) is 12.8 Å². The van der Waals surface area contributed by atoms with Gasteiger partial charge in [-0.1, -0.05) is 67.0 Å². The molecular weight excluding hydrogens is 727 g/mol. The Bertz CT molecular complexity index is 1940. The van der Waals surface area contributed by atoms with Crippen molar-refractivity contribution in [2.45, 2.75) is 120 Å². The quantitative estimate of drug-likeness (QED) is 0.374. The molecule has 296 valence electrons. The summed E-state index contributed by atoms with van der Waals surface area (Å²) < 4.78 is 40.2. The van der Waals surface area contributed by atoms with Crippen molar-refractivity contribution in [3.8, 4) is 0 Å². The lowest BCUT2D eigenvalue weighted by atomic mass is 10.0. The number of hydrogen-bond acceptors (Lipinski definition) is 9. The maximum Gasteiger partial charge on any atom is 0.410 e. The van der Waals surface area contributed by atoms with Crippen molar-refractivity contribution in [2.24, 2.45) is 5.92 Å². The lowest BCUT2D eigenvalue weighted by molar-refractivity contribution is -0.141. The summed E-state index contributed by atoms with van der Waals surface area (Å²) in [6.45, 7) is 7.60. The minimum Gasteiger partial charge on any atom is -0.444 e. The monoisotopic (exact) mass is 777 g/mol. The molecule has 0 bridgehead atoms. The molecule has 6 rings (SSSR count). The molecule has 2 fully saturated rings. The largest absolute Gasteiger partial charge is 0.444 e. The van der Waals surface area contributed by atoms with E-state index >= 15 is 0 Å². The molecule has 1 saturated heterocycles. The maximum atomic E-state index is 14.4. The first kappa shape index (κ1) is 39.8. The smallest absolute Gasteiger partial charge is 0.410 e. The predicted octanol–water partition coefficient (Wildman–Crippen LogP) is 4.25. The van der Waals surface area contributed by atoms with Crippen LogP contribution in [0.4, 0.5) is 9.59 Å². The fourth-order valence-electron chi connectivity index (χ4n) is 7.47. The van der Waals surface area contributed by atoms with Gasteiger partial charge in [0.05, 0.1) is 11.4 Å². The number of benzene rings is 2. The van der Waals surface area contributed by atoms with Crippen LogP contribution in [-0.2, 0) is 46.8 Å². The molecule has 0 spiro atoms. The third-order valence-corrected chi connectivity index (χ3v) is 11.9. The first-order chi connectivity index (χ1) is 26.0. The van der Waals surface area contributed by atoms with Crippen molar-refractivity contribution in [2.75, 3.05) is 13.1 Å². The van der Waals surface area contributed by atoms with Gasteiger partial charge in [-0.2, -0.15) is 0 Å². The van der Waals surface area contributed by atoms with Gasteiger partial charge in [0, 0.05) is 25.4 Å². The van der Waals surface area contributed by atoms with E-state index in [9.17, 15) is 32.4 Å². The molecule has 0 aromatic heterocycles. The number of sulfonamides is 1. The predicted molar refractivity (Wildman–Crippen MR) is 202 cm³/mol. The highest BCUT2D eigenvalue weighted by Gasteiger charge is 2.61. The van der Waals surface area contributed by atoms with Crippen LogP contribution >= 0.6 is 0 Å². The van der Waals surface area contributed by atoms with Gasteiger partial charge >= 0.3 is 12.2 Å². The van der Waals surface area contributed by atoms with Crippen LogP contribution in [0.1, 0.15) is 82.4 Å². The molecule has 4 aliphatic rings. The van der Waals surface area contributed by atoms with Crippen molar-refractivity contribution < 1.29 is 41.9 Å². The number of hydrogen-bond donors (Lipinski definition) is 3. The number of fused-ring (bicyclic) bond motifs is 3. The van der Waals surface area contributed by atoms with E-state index in [1.54, 1.807) is 37.8 Å². The molecule has 3 N–H and O–H groups in total. The molecule has 3 heterocycles. The average molecular weight is 778 g/mol. The molecule has 0 radical (unpaired) electrons. The third kappa shape index (κ3) is 9.49. The summed E-state index contributed by atoms with van der Waals surface area (Å²) in [6, 6.07) is 11.6. The maximum absolute atomic E-state index is 14.4. The second-order valence-electron chi connectivity index (χ2n) is 16.0. The highest BCUT2D eigenvalue weighted by molar-refractivity contribution is 7.90. The summed E-state index contributed by atoms with van der Waals surface area (Å²) in [6.07, 6.45) is 5.22. The van der Waals surface area contributed by atoms with E-state index in [4.69, 9.17) is 9.47 Å². The first-order valence-corrected chi connectivity index (χ1v) is 20.5. The Labute approximate surface area is 322 Å². The molecule has 2 aromatic rings. The first-order valence-electron chi connectivity index (χ1n) is 19.0. The summed E-state index contributed by atoms with van der Waals surface area (Å²) in [4.78, 5) is 71.9. The summed E-state index contributed by atoms with van der Waals surface area (Å²) in [5.41, 5.74) is 0.574. The van der Waals surface area contributed by atoms with Crippen molar-refractivity contribution in [3.05, 3.63) is 77.4 Å². The Hall–Kier alpha value is -4.92. The summed E-state index contributed by atoms with van der Waals surface area (Å²) in [5, 5.41) is 5.53. The van der Waals surface area contributed by atoms with E-state index in [-0.39, 0.29) is 30.7 Å². The van der Waals surface area contributed by atoms with Crippen molar-refractivity contribution in [3.63, 3.8) is 0 Å². The molecule has 0 unspecified atom stereocenters. The van der Waals surface area contributed by atoms with Crippen molar-refractivity contribution in [1.29, 1.82) is 0 Å². The average Bonchev–Trinajstić information content (AvgIpc) is 3.66. The molecule has 55 heavy (non-hydrogen) atoms. The molecule has 14 nitrogen and oxygen atoms in total. The van der Waals surface area contributed by atoms with Gasteiger partial charge in [-0.3, -0.25) is 14.4 Å². The lowest BCUT2D eigenvalue weighted by Crippen LogP contribution is -2.58. The molecule has 1 aliphatic carbocycles. The number of carbonyl (C=O) groups is 5. The lowest BCUT2D eigenvalue weighted by Gasteiger charge is -2.30. The Kier molecular flexibility index (Phi) is 11.6. The highest BCUT2D eigenvalue weighted by Crippen LogP contribution is 2.46. The molecule has 2 aromatic carbocycles. The fraction of sp³-hybridized carbons (Fsp3) is 0.525. The van der Waals surface area contributed by atoms with Gasteiger partial charge in [0.2, 0.25) is 11.8 Å². The van der Waals surface area contributed by atoms with Crippen molar-refractivity contribution >= 4 is 39.9 Å². The van der Waals surface area contributed by atoms with Gasteiger partial charge in [-0.05, 0) is 83.1 Å². The van der Waals surface area contributed by atoms with E-state index in [1.807, 2.05) is 43.3 Å². The summed E-state index contributed by atoms with van der Waals surface area (Å²) >= 11 is 0. The van der Waals surface area contributed by atoms with Crippen LogP contribution in [0.15, 0.2) is 65.6 Å². The van der Waals surface area contributed by atoms with Gasteiger partial charge in [0.15, 0.2) is 0 Å². The van der Waals surface area contributed by atoms with E-state index in [2.05, 4.69) is 15.4 Å². The Morgan fingerprint density at radius 3 is 2.44 bits per heavy atom. The highest BCUT2D eigenvalue weighted by atomic mass is 32.2. The summed E-state index contributed by atoms with van der Waals surface area (Å²) in [5.74, 6) is -2.66. The minimum absolute atomic E-state index is 0.0766. The zero-order valence-electron chi connectivity index (χ0n) is 31.8. The molecule has 1 saturated carbocycles. The SMILES string of the molecule is Cc1ccc(S(=O)(=O)NC(=O)[C@@]23C[C@H]2/C=C\CCCCC[C@H](NC(=O)OC(C)(C)C)C(=O)N2C[C@H](OC(=O)N4CCc5ccccc5C4)C[C@H]2C(=O)N3)cc1. The van der Waals surface area contributed by atoms with E-state index in [1.165, 1.54) is 17.0 Å². The van der Waals surface area contributed by atoms with Gasteiger partial charge < -0.3 is 29.9 Å². The number of ether oxygens (including phenoxy) is 2. The van der Waals surface area contributed by atoms with Crippen LogP contribution < -0.4 is 15.4 Å². The molecule has 15 heteroatoms. The van der Waals surface area contributed by atoms with E-state index in [0.29, 0.717) is 32.4 Å². The topological polar surface area (TPSA) is 181 Å². The second-order valence-corrected chi connectivity index (χ2v) is 17.7. The number of alkyl carbamates (subject to hydrolysis) is 1. The minimum atomic E-state index is -4.28. The number of allylic oxidation sites excluding steroid dienone is 1. The summed E-state index contributed by atoms with van der Waals surface area (Å²) in [7, 11) is -4.28. The number of nitrogens with zero attached hydrogens (tertiary/aromatic N) is 2. The zero-order chi connectivity index (χ0) is 39.5. The van der Waals surface area contributed by atoms with Crippen LogP contribution in [0.2, 0.25) is 0 Å². The van der Waals surface area contributed by atoms with Gasteiger partial charge in [-0.25, -0.2) is 22.7 Å². The Morgan fingerprint density at radius 2 is 1.71 bits per heavy atom. The zero-order valence-corrected chi connectivity index (χ0v) is 32.7. The Morgan fingerprint density at radius 1 is 0.982 bits per heavy atom. The van der Waals surface area contributed by atoms with Crippen LogP contribution in [0.5, 0.6) is 0 Å². The van der Waals surface area contributed by atoms with E-state index in [0.717, 1.165) is 29.5 Å². The standard InChI is InChI=1S/C40H51N5O9S/c1-26-16-18-31(19-17-26)55(51,52)43-36(48)40-23-29(40)14-8-6-5-7-9-15-32(41-37(49)54-39(2,3)4)35(47)45-25-30(22-33(45)34(46)42-40)53-38(50)44-21-20-27-12-10-11-13-28(27)24-44/h8,10-14,16-19,29-30,32-33H,5-7,9,15,20-25H2,1-4H3,(H,41,49)(H,42,46)(H,43,48)/b14-8-/t29-,30-,32+,33+,40-/m1/s1. The Balaban J connectivity index is 1.26. The number of nitrogens with one attached hydrogen (secondary N) is 3. The van der Waals surface area contributed by atoms with Crippen LogP contribution in [0.3, 0.4) is 0 Å². The van der Waals surface area contributed by atoms with Gasteiger partial charge in [0.1, 0.15) is 29.3 Å². The van der Waals surface area contributed by atoms with E-state index < -0.39 is 75.2 Å². The van der Waals surface area contributed by atoms with Gasteiger partial charge in [0.25, 0.3) is 15.9 Å². The third-order valence-electron chi connectivity index (χ3n) is 10.6. The van der Waals surface area contributed by atoms with Gasteiger partial charge in [-0.15, -0.1) is 0 Å². The molecule has 5 amide bonds. The van der Waals surface area contributed by atoms with Crippen LogP contribution in [-0.4, -0.2) is 90.5 Å². The molecule has 5 atom stereocenters. The number of amides is 5.